The fourth-order valence-electron chi connectivity index (χ4n) is 4.15. The first kappa shape index (κ1) is 21.8. The Hall–Kier alpha value is -0.860. The third-order valence-corrected chi connectivity index (χ3v) is 6.59. The molecule has 1 saturated carbocycles. The minimum absolute atomic E-state index is 0. The van der Waals surface area contributed by atoms with E-state index in [4.69, 9.17) is 9.98 Å². The van der Waals surface area contributed by atoms with E-state index in [0.717, 1.165) is 34.0 Å². The van der Waals surface area contributed by atoms with Gasteiger partial charge in [-0.1, -0.05) is 59.1 Å². The van der Waals surface area contributed by atoms with E-state index >= 15 is 0 Å². The summed E-state index contributed by atoms with van der Waals surface area (Å²) in [5, 5.41) is 1.05. The lowest BCUT2D eigenvalue weighted by molar-refractivity contribution is 0.385. The predicted molar refractivity (Wildman–Crippen MR) is 137 cm³/mol. The Labute approximate surface area is 197 Å². The number of rotatable bonds is 2. The zero-order valence-electron chi connectivity index (χ0n) is 16.2. The topological polar surface area (TPSA) is 28.0 Å². The average Bonchev–Trinajstić information content (AvgIpc) is 2.96. The van der Waals surface area contributed by atoms with Crippen LogP contribution in [0.4, 0.5) is 11.4 Å². The van der Waals surface area contributed by atoms with E-state index in [1.807, 2.05) is 0 Å². The minimum atomic E-state index is -0.131. The number of hydrogen-bond acceptors (Lipinski definition) is 3. The maximum atomic E-state index is 5.05. The Morgan fingerprint density at radius 3 is 2.43 bits per heavy atom. The van der Waals surface area contributed by atoms with Crippen molar-refractivity contribution in [2.75, 3.05) is 11.2 Å². The normalized spacial score (nSPS) is 19.6. The summed E-state index contributed by atoms with van der Waals surface area (Å²) in [7, 11) is 0. The number of anilines is 1. The highest BCUT2D eigenvalue weighted by Gasteiger charge is 2.49. The van der Waals surface area contributed by atoms with Crippen LogP contribution >= 0.6 is 51.7 Å². The van der Waals surface area contributed by atoms with Gasteiger partial charge in [0.2, 0.25) is 0 Å². The molecule has 2 aromatic carbocycles. The van der Waals surface area contributed by atoms with Crippen LogP contribution in [0.25, 0.3) is 0 Å². The number of aryl methyl sites for hydroxylation is 1. The number of nitrogens with zero attached hydrogens (tertiary/aromatic N) is 3. The smallest absolute Gasteiger partial charge is 0.170 e. The van der Waals surface area contributed by atoms with E-state index in [1.54, 1.807) is 11.8 Å². The molecule has 1 heterocycles. The third-order valence-electron chi connectivity index (χ3n) is 5.42. The van der Waals surface area contributed by atoms with Crippen LogP contribution in [-0.4, -0.2) is 22.8 Å². The van der Waals surface area contributed by atoms with E-state index in [1.165, 1.54) is 30.5 Å². The Bertz CT molecular complexity index is 889. The molecule has 1 aliphatic carbocycles. The van der Waals surface area contributed by atoms with Gasteiger partial charge in [0.1, 0.15) is 5.54 Å². The Morgan fingerprint density at radius 2 is 1.79 bits per heavy atom. The van der Waals surface area contributed by atoms with Gasteiger partial charge in [0.05, 0.1) is 5.69 Å². The van der Waals surface area contributed by atoms with Crippen LogP contribution in [0.5, 0.6) is 0 Å². The molecule has 0 bridgehead atoms. The largest absolute Gasteiger partial charge is 0.307 e. The zero-order chi connectivity index (χ0) is 18.9. The Balaban J connectivity index is 0.00000225. The number of halogens is 2. The van der Waals surface area contributed by atoms with Crippen LogP contribution in [0.15, 0.2) is 63.0 Å². The molecule has 1 spiro atoms. The van der Waals surface area contributed by atoms with Gasteiger partial charge in [0, 0.05) is 10.2 Å². The first-order valence-corrected chi connectivity index (χ1v) is 11.5. The molecule has 0 aromatic heterocycles. The molecule has 0 radical (unpaired) electrons. The summed E-state index contributed by atoms with van der Waals surface area (Å²) in [4.78, 5) is 12.5. The van der Waals surface area contributed by atoms with Crippen LogP contribution < -0.4 is 4.90 Å². The molecule has 3 nitrogen and oxygen atoms in total. The van der Waals surface area contributed by atoms with E-state index in [-0.39, 0.29) is 29.5 Å². The summed E-state index contributed by atoms with van der Waals surface area (Å²) in [6, 6.07) is 17.0. The highest BCUT2D eigenvalue weighted by molar-refractivity contribution is 14.0. The average molecular weight is 570 g/mol. The monoisotopic (exact) mass is 569 g/mol. The standard InChI is InChI=1S/C22H24BrN3S.HI/c1-16-7-6-8-18(15-16)24-20-22(13-4-3-5-14-22)26(21(25-20)27-2)19-11-9-17(23)10-12-19;/h6-12,15H,3-5,13-14H2,1-2H3;1H. The van der Waals surface area contributed by atoms with Gasteiger partial charge in [-0.2, -0.15) is 0 Å². The van der Waals surface area contributed by atoms with Crippen LogP contribution in [0.2, 0.25) is 0 Å². The second-order valence-electron chi connectivity index (χ2n) is 7.28. The van der Waals surface area contributed by atoms with E-state index in [0.29, 0.717) is 0 Å². The van der Waals surface area contributed by atoms with E-state index in [9.17, 15) is 0 Å². The number of aliphatic imine (C=N–C) groups is 2. The van der Waals surface area contributed by atoms with Crippen molar-refractivity contribution in [2.24, 2.45) is 9.98 Å². The van der Waals surface area contributed by atoms with Crippen molar-refractivity contribution in [3.8, 4) is 0 Å². The molecule has 2 aliphatic rings. The number of benzene rings is 2. The maximum absolute atomic E-state index is 5.05. The number of hydrogen-bond donors (Lipinski definition) is 0. The molecule has 0 amide bonds. The van der Waals surface area contributed by atoms with Crippen LogP contribution in [0, 0.1) is 6.92 Å². The van der Waals surface area contributed by atoms with Gasteiger partial charge in [-0.15, -0.1) is 24.0 Å². The predicted octanol–water partition coefficient (Wildman–Crippen LogP) is 7.35. The molecule has 148 valence electrons. The van der Waals surface area contributed by atoms with Crippen molar-refractivity contribution in [1.29, 1.82) is 0 Å². The van der Waals surface area contributed by atoms with Crippen LogP contribution in [0.3, 0.4) is 0 Å². The zero-order valence-corrected chi connectivity index (χ0v) is 20.9. The van der Waals surface area contributed by atoms with Gasteiger partial charge in [0.15, 0.2) is 11.0 Å². The van der Waals surface area contributed by atoms with Gasteiger partial charge >= 0.3 is 0 Å². The van der Waals surface area contributed by atoms with Crippen molar-refractivity contribution in [3.05, 3.63) is 58.6 Å². The van der Waals surface area contributed by atoms with Crippen molar-refractivity contribution in [2.45, 2.75) is 44.6 Å². The van der Waals surface area contributed by atoms with Gasteiger partial charge in [-0.05, 0) is 68.0 Å². The van der Waals surface area contributed by atoms with Crippen molar-refractivity contribution < 1.29 is 0 Å². The molecule has 0 N–H and O–H groups in total. The molecule has 0 unspecified atom stereocenters. The SMILES string of the molecule is CSC1=NC(=Nc2cccc(C)c2)C2(CCCCC2)N1c1ccc(Br)cc1.I. The van der Waals surface area contributed by atoms with Crippen molar-refractivity contribution >= 4 is 74.0 Å². The van der Waals surface area contributed by atoms with E-state index in [2.05, 4.69) is 82.5 Å². The molecule has 0 saturated heterocycles. The molecule has 1 aliphatic heterocycles. The van der Waals surface area contributed by atoms with Gasteiger partial charge in [0.25, 0.3) is 0 Å². The second-order valence-corrected chi connectivity index (χ2v) is 8.97. The van der Waals surface area contributed by atoms with Crippen molar-refractivity contribution in [1.82, 2.24) is 0 Å². The lowest BCUT2D eigenvalue weighted by Gasteiger charge is -2.42. The molecule has 6 heteroatoms. The number of thioether (sulfide) groups is 1. The fraction of sp³-hybridized carbons (Fsp3) is 0.364. The van der Waals surface area contributed by atoms with Gasteiger partial charge in [-0.25, -0.2) is 9.98 Å². The van der Waals surface area contributed by atoms with Gasteiger partial charge < -0.3 is 4.90 Å². The lowest BCUT2D eigenvalue weighted by atomic mass is 9.79. The first-order chi connectivity index (χ1) is 13.1. The summed E-state index contributed by atoms with van der Waals surface area (Å²) in [6.07, 6.45) is 8.04. The first-order valence-electron chi connectivity index (χ1n) is 9.47. The summed E-state index contributed by atoms with van der Waals surface area (Å²) in [6.45, 7) is 2.11. The maximum Gasteiger partial charge on any atom is 0.170 e. The number of amidine groups is 2. The lowest BCUT2D eigenvalue weighted by Crippen LogP contribution is -2.52. The molecular weight excluding hydrogens is 545 g/mol. The van der Waals surface area contributed by atoms with Crippen LogP contribution in [0.1, 0.15) is 37.7 Å². The molecular formula is C22H25BrIN3S. The molecule has 2 aromatic rings. The molecule has 0 atom stereocenters. The summed E-state index contributed by atoms with van der Waals surface area (Å²) in [5.74, 6) is 0.972. The summed E-state index contributed by atoms with van der Waals surface area (Å²) < 4.78 is 1.10. The highest BCUT2D eigenvalue weighted by atomic mass is 127. The third kappa shape index (κ3) is 4.19. The van der Waals surface area contributed by atoms with E-state index < -0.39 is 0 Å². The quantitative estimate of drug-likeness (QED) is 0.354. The summed E-state index contributed by atoms with van der Waals surface area (Å²) in [5.41, 5.74) is 3.29. The molecule has 4 rings (SSSR count). The molecule has 28 heavy (non-hydrogen) atoms. The molecule has 1 fully saturated rings. The van der Waals surface area contributed by atoms with Crippen molar-refractivity contribution in [3.63, 3.8) is 0 Å². The highest BCUT2D eigenvalue weighted by Crippen LogP contribution is 2.44. The Morgan fingerprint density at radius 1 is 1.07 bits per heavy atom. The fourth-order valence-corrected chi connectivity index (χ4v) is 5.05. The second kappa shape index (κ2) is 9.30. The summed E-state index contributed by atoms with van der Waals surface area (Å²) >= 11 is 5.27. The minimum Gasteiger partial charge on any atom is -0.307 e. The van der Waals surface area contributed by atoms with Gasteiger partial charge in [-0.3, -0.25) is 0 Å². The Kier molecular flexibility index (Phi) is 7.26. The van der Waals surface area contributed by atoms with Crippen LogP contribution in [-0.2, 0) is 0 Å².